The first kappa shape index (κ1) is 13.0. The summed E-state index contributed by atoms with van der Waals surface area (Å²) in [5.74, 6) is 0.518. The number of aryl methyl sites for hydroxylation is 1. The van der Waals surface area contributed by atoms with E-state index in [1.54, 1.807) is 12.7 Å². The van der Waals surface area contributed by atoms with Gasteiger partial charge in [-0.1, -0.05) is 23.7 Å². The maximum Gasteiger partial charge on any atom is 0.228 e. The Bertz CT molecular complexity index is 960. The van der Waals surface area contributed by atoms with Crippen LogP contribution in [0.15, 0.2) is 53.5 Å². The summed E-state index contributed by atoms with van der Waals surface area (Å²) in [4.78, 5) is 4.57. The Balaban J connectivity index is 1.91. The van der Waals surface area contributed by atoms with Crippen molar-refractivity contribution in [2.45, 2.75) is 6.92 Å². The monoisotopic (exact) mass is 310 g/mol. The van der Waals surface area contributed by atoms with E-state index in [0.717, 1.165) is 27.9 Å². The minimum atomic E-state index is 0.518. The number of benzene rings is 2. The average molecular weight is 311 g/mol. The minimum absolute atomic E-state index is 0.518. The van der Waals surface area contributed by atoms with Gasteiger partial charge in [0.25, 0.3) is 0 Å². The Kier molecular flexibility index (Phi) is 2.94. The molecule has 108 valence electrons. The van der Waals surface area contributed by atoms with Crippen molar-refractivity contribution in [2.75, 3.05) is 0 Å². The topological polar surface area (TPSA) is 56.7 Å². The van der Waals surface area contributed by atoms with E-state index in [2.05, 4.69) is 15.2 Å². The third kappa shape index (κ3) is 2.07. The van der Waals surface area contributed by atoms with E-state index in [1.165, 1.54) is 0 Å². The summed E-state index contributed by atoms with van der Waals surface area (Å²) in [7, 11) is 0. The minimum Gasteiger partial charge on any atom is -0.436 e. The standard InChI is InChI=1S/C16H11ClN4O/c1-10-6-11(21-8-18-19-9-21)7-14-15(10)22-16(20-14)12-4-2-3-5-13(12)17/h2-9H,1H3. The molecule has 0 radical (unpaired) electrons. The largest absolute Gasteiger partial charge is 0.436 e. The van der Waals surface area contributed by atoms with Gasteiger partial charge in [0.15, 0.2) is 5.58 Å². The molecule has 0 atom stereocenters. The molecular formula is C16H11ClN4O. The van der Waals surface area contributed by atoms with E-state index < -0.39 is 0 Å². The molecule has 0 fully saturated rings. The van der Waals surface area contributed by atoms with Gasteiger partial charge in [0.1, 0.15) is 18.2 Å². The van der Waals surface area contributed by atoms with Crippen LogP contribution in [0, 0.1) is 6.92 Å². The highest BCUT2D eigenvalue weighted by Gasteiger charge is 2.14. The molecule has 2 aromatic heterocycles. The molecule has 4 aromatic rings. The number of halogens is 1. The fourth-order valence-electron chi connectivity index (χ4n) is 2.41. The third-order valence-corrected chi connectivity index (χ3v) is 3.81. The van der Waals surface area contributed by atoms with Crippen molar-refractivity contribution in [3.8, 4) is 17.1 Å². The van der Waals surface area contributed by atoms with Gasteiger partial charge in [0.2, 0.25) is 5.89 Å². The highest BCUT2D eigenvalue weighted by molar-refractivity contribution is 6.33. The molecule has 0 spiro atoms. The van der Waals surface area contributed by atoms with Crippen LogP contribution in [-0.2, 0) is 0 Å². The predicted octanol–water partition coefficient (Wildman–Crippen LogP) is 4.04. The van der Waals surface area contributed by atoms with Gasteiger partial charge in [-0.3, -0.25) is 4.57 Å². The van der Waals surface area contributed by atoms with Gasteiger partial charge in [-0.2, -0.15) is 0 Å². The van der Waals surface area contributed by atoms with Crippen LogP contribution in [0.3, 0.4) is 0 Å². The van der Waals surface area contributed by atoms with Crippen molar-refractivity contribution in [2.24, 2.45) is 0 Å². The number of nitrogens with zero attached hydrogens (tertiary/aromatic N) is 4. The summed E-state index contributed by atoms with van der Waals surface area (Å²) in [5.41, 5.74) is 4.25. The lowest BCUT2D eigenvalue weighted by molar-refractivity contribution is 0.617. The van der Waals surface area contributed by atoms with Crippen LogP contribution in [0.25, 0.3) is 28.2 Å². The van der Waals surface area contributed by atoms with Crippen LogP contribution < -0.4 is 0 Å². The highest BCUT2D eigenvalue weighted by atomic mass is 35.5. The third-order valence-electron chi connectivity index (χ3n) is 3.48. The fourth-order valence-corrected chi connectivity index (χ4v) is 2.63. The molecule has 0 amide bonds. The SMILES string of the molecule is Cc1cc(-n2cnnc2)cc2nc(-c3ccccc3Cl)oc12. The Labute approximate surface area is 131 Å². The molecule has 6 heteroatoms. The van der Waals surface area contributed by atoms with Crippen molar-refractivity contribution >= 4 is 22.7 Å². The Morgan fingerprint density at radius 3 is 2.64 bits per heavy atom. The first-order valence-corrected chi connectivity index (χ1v) is 7.11. The van der Waals surface area contributed by atoms with E-state index in [1.807, 2.05) is 47.9 Å². The quantitative estimate of drug-likeness (QED) is 0.561. The highest BCUT2D eigenvalue weighted by Crippen LogP contribution is 2.31. The van der Waals surface area contributed by atoms with E-state index in [9.17, 15) is 0 Å². The summed E-state index contributed by atoms with van der Waals surface area (Å²) >= 11 is 6.22. The Morgan fingerprint density at radius 2 is 1.86 bits per heavy atom. The molecule has 0 N–H and O–H groups in total. The van der Waals surface area contributed by atoms with Gasteiger partial charge >= 0.3 is 0 Å². The van der Waals surface area contributed by atoms with Crippen LogP contribution in [-0.4, -0.2) is 19.7 Å². The van der Waals surface area contributed by atoms with E-state index in [4.69, 9.17) is 16.0 Å². The van der Waals surface area contributed by atoms with E-state index in [-0.39, 0.29) is 0 Å². The second-order valence-electron chi connectivity index (χ2n) is 4.98. The van der Waals surface area contributed by atoms with Crippen LogP contribution in [0.2, 0.25) is 5.02 Å². The molecule has 0 aliphatic heterocycles. The van der Waals surface area contributed by atoms with E-state index >= 15 is 0 Å². The lowest BCUT2D eigenvalue weighted by Crippen LogP contribution is -1.91. The van der Waals surface area contributed by atoms with Crippen molar-refractivity contribution in [3.63, 3.8) is 0 Å². The maximum atomic E-state index is 6.22. The van der Waals surface area contributed by atoms with Gasteiger partial charge in [0, 0.05) is 0 Å². The zero-order valence-electron chi connectivity index (χ0n) is 11.7. The summed E-state index contributed by atoms with van der Waals surface area (Å²) < 4.78 is 7.73. The van der Waals surface area contributed by atoms with Gasteiger partial charge in [0.05, 0.1) is 16.3 Å². The molecule has 2 heterocycles. The molecule has 4 rings (SSSR count). The number of oxazole rings is 1. The summed E-state index contributed by atoms with van der Waals surface area (Å²) in [6, 6.07) is 11.4. The van der Waals surface area contributed by atoms with Gasteiger partial charge < -0.3 is 4.42 Å². The molecule has 0 unspecified atom stereocenters. The van der Waals surface area contributed by atoms with Crippen LogP contribution in [0.4, 0.5) is 0 Å². The molecule has 2 aromatic carbocycles. The van der Waals surface area contributed by atoms with Crippen molar-refractivity contribution in [3.05, 3.63) is 59.6 Å². The molecule has 0 aliphatic rings. The van der Waals surface area contributed by atoms with Crippen molar-refractivity contribution < 1.29 is 4.42 Å². The summed E-state index contributed by atoms with van der Waals surface area (Å²) in [5, 5.41) is 8.27. The van der Waals surface area contributed by atoms with Crippen LogP contribution in [0.5, 0.6) is 0 Å². The Morgan fingerprint density at radius 1 is 1.09 bits per heavy atom. The summed E-state index contributed by atoms with van der Waals surface area (Å²) in [6.45, 7) is 1.98. The number of aromatic nitrogens is 4. The van der Waals surface area contributed by atoms with E-state index in [0.29, 0.717) is 10.9 Å². The molecular weight excluding hydrogens is 300 g/mol. The summed E-state index contributed by atoms with van der Waals surface area (Å²) in [6.07, 6.45) is 3.30. The predicted molar refractivity (Wildman–Crippen MR) is 84.1 cm³/mol. The first-order chi connectivity index (χ1) is 10.7. The second kappa shape index (κ2) is 4.96. The molecule has 0 aliphatic carbocycles. The first-order valence-electron chi connectivity index (χ1n) is 6.73. The van der Waals surface area contributed by atoms with Crippen LogP contribution >= 0.6 is 11.6 Å². The molecule has 5 nitrogen and oxygen atoms in total. The maximum absolute atomic E-state index is 6.22. The second-order valence-corrected chi connectivity index (χ2v) is 5.39. The molecule has 0 saturated heterocycles. The number of fused-ring (bicyclic) bond motifs is 1. The number of hydrogen-bond acceptors (Lipinski definition) is 4. The smallest absolute Gasteiger partial charge is 0.228 e. The molecule has 0 saturated carbocycles. The lowest BCUT2D eigenvalue weighted by atomic mass is 10.2. The zero-order chi connectivity index (χ0) is 15.1. The normalized spacial score (nSPS) is 11.2. The van der Waals surface area contributed by atoms with Crippen LogP contribution in [0.1, 0.15) is 5.56 Å². The Hall–Kier alpha value is -2.66. The van der Waals surface area contributed by atoms with Gasteiger partial charge in [-0.05, 0) is 36.8 Å². The molecule has 22 heavy (non-hydrogen) atoms. The lowest BCUT2D eigenvalue weighted by Gasteiger charge is -2.02. The number of hydrogen-bond donors (Lipinski definition) is 0. The average Bonchev–Trinajstić information content (AvgIpc) is 3.17. The zero-order valence-corrected chi connectivity index (χ0v) is 12.4. The van der Waals surface area contributed by atoms with Crippen molar-refractivity contribution in [1.29, 1.82) is 0 Å². The number of rotatable bonds is 2. The fraction of sp³-hybridized carbons (Fsp3) is 0.0625. The van der Waals surface area contributed by atoms with Crippen molar-refractivity contribution in [1.82, 2.24) is 19.7 Å². The van der Waals surface area contributed by atoms with Gasteiger partial charge in [-0.25, -0.2) is 4.98 Å². The molecule has 0 bridgehead atoms. The van der Waals surface area contributed by atoms with Gasteiger partial charge in [-0.15, -0.1) is 10.2 Å².